The van der Waals surface area contributed by atoms with Crippen LogP contribution in [0.3, 0.4) is 0 Å². The number of nitrogens with one attached hydrogen (secondary N) is 1. The van der Waals surface area contributed by atoms with E-state index in [0.717, 1.165) is 11.8 Å². The van der Waals surface area contributed by atoms with Gasteiger partial charge < -0.3 is 10.2 Å². The maximum atomic E-state index is 13.6. The number of amides is 2. The molecule has 0 bridgehead atoms. The average Bonchev–Trinajstić information content (AvgIpc) is 2.55. The number of nitrogens with zero attached hydrogens (tertiary/aromatic N) is 1. The molecule has 0 radical (unpaired) electrons. The van der Waals surface area contributed by atoms with Gasteiger partial charge in [-0.3, -0.25) is 0 Å². The summed E-state index contributed by atoms with van der Waals surface area (Å²) in [5.41, 5.74) is 0.877. The van der Waals surface area contributed by atoms with Crippen molar-refractivity contribution in [3.63, 3.8) is 0 Å². The zero-order chi connectivity index (χ0) is 17.9. The van der Waals surface area contributed by atoms with Crippen LogP contribution in [0.1, 0.15) is 18.5 Å². The third-order valence-electron chi connectivity index (χ3n) is 3.81. The maximum Gasteiger partial charge on any atom is 0.322 e. The number of anilines is 1. The van der Waals surface area contributed by atoms with Gasteiger partial charge in [0.05, 0.1) is 16.6 Å². The fraction of sp³-hybridized carbons (Fsp3) is 0.235. The van der Waals surface area contributed by atoms with Crippen molar-refractivity contribution in [1.82, 2.24) is 4.90 Å². The van der Waals surface area contributed by atoms with Crippen LogP contribution in [-0.2, 0) is 9.84 Å². The first-order valence-corrected chi connectivity index (χ1v) is 9.17. The molecule has 0 unspecified atom stereocenters. The van der Waals surface area contributed by atoms with E-state index in [-0.39, 0.29) is 16.6 Å². The van der Waals surface area contributed by atoms with Gasteiger partial charge in [0.15, 0.2) is 9.84 Å². The van der Waals surface area contributed by atoms with E-state index in [1.165, 1.54) is 29.2 Å². The Balaban J connectivity index is 2.12. The van der Waals surface area contributed by atoms with Crippen molar-refractivity contribution in [3.05, 3.63) is 59.9 Å². The number of hydrogen-bond donors (Lipinski definition) is 1. The van der Waals surface area contributed by atoms with Crippen LogP contribution in [0.4, 0.5) is 14.9 Å². The smallest absolute Gasteiger partial charge is 0.321 e. The molecule has 0 spiro atoms. The Bertz CT molecular complexity index is 835. The minimum atomic E-state index is -3.26. The van der Waals surface area contributed by atoms with Crippen molar-refractivity contribution >= 4 is 21.6 Å². The van der Waals surface area contributed by atoms with E-state index in [9.17, 15) is 17.6 Å². The molecule has 2 aromatic carbocycles. The van der Waals surface area contributed by atoms with E-state index < -0.39 is 21.7 Å². The molecule has 1 atom stereocenters. The molecule has 0 aliphatic rings. The fourth-order valence-corrected chi connectivity index (χ4v) is 2.79. The Labute approximate surface area is 141 Å². The molecule has 0 saturated heterocycles. The second kappa shape index (κ2) is 7.00. The van der Waals surface area contributed by atoms with Gasteiger partial charge in [0, 0.05) is 13.3 Å². The molecule has 24 heavy (non-hydrogen) atoms. The number of carbonyl (C=O) groups excluding carboxylic acids is 1. The van der Waals surface area contributed by atoms with E-state index in [2.05, 4.69) is 5.32 Å². The molecule has 2 amide bonds. The van der Waals surface area contributed by atoms with Gasteiger partial charge in [-0.1, -0.05) is 24.3 Å². The van der Waals surface area contributed by atoms with E-state index in [4.69, 9.17) is 0 Å². The highest BCUT2D eigenvalue weighted by Gasteiger charge is 2.19. The molecule has 0 saturated carbocycles. The molecule has 1 N–H and O–H groups in total. The van der Waals surface area contributed by atoms with Crippen molar-refractivity contribution < 1.29 is 17.6 Å². The molecule has 0 aromatic heterocycles. The molecule has 2 rings (SSSR count). The SMILES string of the molecule is C[C@H](c1ccc(S(C)(=O)=O)cc1)N(C)C(=O)Nc1ccccc1F. The van der Waals surface area contributed by atoms with Crippen LogP contribution in [0.25, 0.3) is 0 Å². The normalized spacial score (nSPS) is 12.5. The lowest BCUT2D eigenvalue weighted by Gasteiger charge is -2.25. The second-order valence-electron chi connectivity index (χ2n) is 5.54. The molecule has 0 heterocycles. The molecular formula is C17H19FN2O3S. The Morgan fingerprint density at radius 3 is 2.25 bits per heavy atom. The lowest BCUT2D eigenvalue weighted by molar-refractivity contribution is 0.208. The minimum Gasteiger partial charge on any atom is -0.321 e. The minimum absolute atomic E-state index is 0.106. The van der Waals surface area contributed by atoms with Gasteiger partial charge in [-0.05, 0) is 36.8 Å². The topological polar surface area (TPSA) is 66.5 Å². The summed E-state index contributed by atoms with van der Waals surface area (Å²) >= 11 is 0. The largest absolute Gasteiger partial charge is 0.322 e. The predicted molar refractivity (Wildman–Crippen MR) is 91.1 cm³/mol. The first kappa shape index (κ1) is 17.9. The molecule has 7 heteroatoms. The van der Waals surface area contributed by atoms with Gasteiger partial charge in [-0.15, -0.1) is 0 Å². The van der Waals surface area contributed by atoms with Gasteiger partial charge in [0.1, 0.15) is 5.82 Å². The van der Waals surface area contributed by atoms with Crippen LogP contribution < -0.4 is 5.32 Å². The first-order chi connectivity index (χ1) is 11.2. The Kier molecular flexibility index (Phi) is 5.23. The lowest BCUT2D eigenvalue weighted by atomic mass is 10.1. The van der Waals surface area contributed by atoms with Crippen molar-refractivity contribution in [2.45, 2.75) is 17.9 Å². The number of halogens is 1. The fourth-order valence-electron chi connectivity index (χ4n) is 2.16. The zero-order valence-corrected chi connectivity index (χ0v) is 14.5. The molecule has 0 aliphatic heterocycles. The van der Waals surface area contributed by atoms with Crippen LogP contribution >= 0.6 is 0 Å². The van der Waals surface area contributed by atoms with Crippen molar-refractivity contribution in [1.29, 1.82) is 0 Å². The van der Waals surface area contributed by atoms with E-state index in [1.54, 1.807) is 38.2 Å². The van der Waals surface area contributed by atoms with Gasteiger partial charge in [0.2, 0.25) is 0 Å². The summed E-state index contributed by atoms with van der Waals surface area (Å²) in [7, 11) is -1.67. The van der Waals surface area contributed by atoms with Crippen molar-refractivity contribution in [2.24, 2.45) is 0 Å². The summed E-state index contributed by atoms with van der Waals surface area (Å²) in [6, 6.07) is 11.5. The van der Waals surface area contributed by atoms with Gasteiger partial charge in [-0.25, -0.2) is 17.6 Å². The molecule has 0 fully saturated rings. The quantitative estimate of drug-likeness (QED) is 0.918. The third-order valence-corrected chi connectivity index (χ3v) is 4.94. The Morgan fingerprint density at radius 1 is 1.12 bits per heavy atom. The zero-order valence-electron chi connectivity index (χ0n) is 13.7. The van der Waals surface area contributed by atoms with Crippen LogP contribution in [0, 0.1) is 5.82 Å². The van der Waals surface area contributed by atoms with Gasteiger partial charge in [-0.2, -0.15) is 0 Å². The number of sulfone groups is 1. The summed E-state index contributed by atoms with van der Waals surface area (Å²) in [6.45, 7) is 1.80. The number of benzene rings is 2. The summed E-state index contributed by atoms with van der Waals surface area (Å²) in [5, 5.41) is 2.51. The highest BCUT2D eigenvalue weighted by Crippen LogP contribution is 2.22. The van der Waals surface area contributed by atoms with Crippen LogP contribution in [0.5, 0.6) is 0 Å². The van der Waals surface area contributed by atoms with Gasteiger partial charge in [0.25, 0.3) is 0 Å². The van der Waals surface area contributed by atoms with Crippen LogP contribution in [0.2, 0.25) is 0 Å². The molecule has 5 nitrogen and oxygen atoms in total. The summed E-state index contributed by atoms with van der Waals surface area (Å²) < 4.78 is 36.6. The summed E-state index contributed by atoms with van der Waals surface area (Å²) in [4.78, 5) is 13.9. The summed E-state index contributed by atoms with van der Waals surface area (Å²) in [5.74, 6) is -0.510. The molecular weight excluding hydrogens is 331 g/mol. The van der Waals surface area contributed by atoms with E-state index in [1.807, 2.05) is 0 Å². The number of hydrogen-bond acceptors (Lipinski definition) is 3. The number of urea groups is 1. The highest BCUT2D eigenvalue weighted by molar-refractivity contribution is 7.90. The predicted octanol–water partition coefficient (Wildman–Crippen LogP) is 3.45. The van der Waals surface area contributed by atoms with Crippen LogP contribution in [0.15, 0.2) is 53.4 Å². The summed E-state index contributed by atoms with van der Waals surface area (Å²) in [6.07, 6.45) is 1.14. The monoisotopic (exact) mass is 350 g/mol. The molecule has 2 aromatic rings. The first-order valence-electron chi connectivity index (χ1n) is 7.28. The van der Waals surface area contributed by atoms with Gasteiger partial charge >= 0.3 is 6.03 Å². The Hall–Kier alpha value is -2.41. The average molecular weight is 350 g/mol. The number of rotatable bonds is 4. The molecule has 0 aliphatic carbocycles. The maximum absolute atomic E-state index is 13.6. The molecule has 128 valence electrons. The third kappa shape index (κ3) is 4.11. The van der Waals surface area contributed by atoms with Crippen molar-refractivity contribution in [2.75, 3.05) is 18.6 Å². The lowest BCUT2D eigenvalue weighted by Crippen LogP contribution is -2.33. The van der Waals surface area contributed by atoms with Crippen LogP contribution in [-0.4, -0.2) is 32.7 Å². The Morgan fingerprint density at radius 2 is 1.71 bits per heavy atom. The van der Waals surface area contributed by atoms with Crippen molar-refractivity contribution in [3.8, 4) is 0 Å². The second-order valence-corrected chi connectivity index (χ2v) is 7.55. The number of para-hydroxylation sites is 1. The number of carbonyl (C=O) groups is 1. The standard InChI is InChI=1S/C17H19FN2O3S/c1-12(13-8-10-14(11-9-13)24(3,22)23)20(2)17(21)19-16-7-5-4-6-15(16)18/h4-12H,1-3H3,(H,19,21)/t12-/m1/s1. The highest BCUT2D eigenvalue weighted by atomic mass is 32.2. The van der Waals surface area contributed by atoms with E-state index >= 15 is 0 Å². The van der Waals surface area contributed by atoms with E-state index in [0.29, 0.717) is 0 Å².